The normalized spacial score (nSPS) is 17.4. The lowest BCUT2D eigenvalue weighted by molar-refractivity contribution is -0.131. The molecule has 3 heterocycles. The monoisotopic (exact) mass is 411 g/mol. The van der Waals surface area contributed by atoms with Crippen molar-refractivity contribution in [3.05, 3.63) is 47.2 Å². The number of piperidine rings is 1. The summed E-state index contributed by atoms with van der Waals surface area (Å²) in [4.78, 5) is 33.7. The fraction of sp³-hybridized carbons (Fsp3) is 0.522. The number of hydrogen-bond acceptors (Lipinski definition) is 5. The molecule has 0 aliphatic carbocycles. The number of aryl methyl sites for hydroxylation is 1. The van der Waals surface area contributed by atoms with E-state index >= 15 is 0 Å². The lowest BCUT2D eigenvalue weighted by Crippen LogP contribution is -2.38. The van der Waals surface area contributed by atoms with Crippen molar-refractivity contribution in [3.8, 4) is 5.75 Å². The maximum atomic E-state index is 12.7. The topological polar surface area (TPSA) is 75.9 Å². The molecule has 0 spiro atoms. The van der Waals surface area contributed by atoms with E-state index in [4.69, 9.17) is 9.15 Å². The second-order valence-corrected chi connectivity index (χ2v) is 8.14. The van der Waals surface area contributed by atoms with Gasteiger partial charge in [0, 0.05) is 32.1 Å². The number of carbonyl (C=O) groups is 2. The Labute approximate surface area is 177 Å². The summed E-state index contributed by atoms with van der Waals surface area (Å²) >= 11 is 0. The van der Waals surface area contributed by atoms with Crippen molar-refractivity contribution in [2.45, 2.75) is 44.9 Å². The molecular formula is C23H29N3O4. The number of hydrogen-bond donors (Lipinski definition) is 0. The number of benzene rings is 1. The van der Waals surface area contributed by atoms with Gasteiger partial charge in [0.15, 0.2) is 11.6 Å². The van der Waals surface area contributed by atoms with E-state index in [9.17, 15) is 9.59 Å². The quantitative estimate of drug-likeness (QED) is 0.755. The maximum absolute atomic E-state index is 12.7. The molecule has 2 amide bonds. The predicted octanol–water partition coefficient (Wildman–Crippen LogP) is 3.18. The van der Waals surface area contributed by atoms with Gasteiger partial charge in [-0.1, -0.05) is 12.1 Å². The third kappa shape index (κ3) is 4.35. The second-order valence-electron chi connectivity index (χ2n) is 8.14. The van der Waals surface area contributed by atoms with Crippen LogP contribution in [0, 0.1) is 6.92 Å². The molecule has 0 atom stereocenters. The first kappa shape index (κ1) is 20.4. The summed E-state index contributed by atoms with van der Waals surface area (Å²) in [6.07, 6.45) is 4.09. The van der Waals surface area contributed by atoms with Crippen LogP contribution in [0.4, 0.5) is 0 Å². The highest BCUT2D eigenvalue weighted by atomic mass is 16.5. The van der Waals surface area contributed by atoms with E-state index in [0.29, 0.717) is 36.9 Å². The number of oxazole rings is 1. The van der Waals surface area contributed by atoms with Gasteiger partial charge in [-0.25, -0.2) is 4.98 Å². The number of amides is 2. The Morgan fingerprint density at radius 2 is 1.73 bits per heavy atom. The molecule has 4 rings (SSSR count). The third-order valence-electron chi connectivity index (χ3n) is 6.12. The molecule has 2 aromatic rings. The van der Waals surface area contributed by atoms with Crippen molar-refractivity contribution in [1.82, 2.24) is 14.8 Å². The second kappa shape index (κ2) is 8.90. The van der Waals surface area contributed by atoms with Crippen molar-refractivity contribution in [1.29, 1.82) is 0 Å². The highest BCUT2D eigenvalue weighted by Crippen LogP contribution is 2.30. The maximum Gasteiger partial charge on any atom is 0.276 e. The highest BCUT2D eigenvalue weighted by Gasteiger charge is 2.30. The van der Waals surface area contributed by atoms with E-state index in [1.165, 1.54) is 0 Å². The van der Waals surface area contributed by atoms with Gasteiger partial charge >= 0.3 is 0 Å². The Bertz CT molecular complexity index is 892. The number of rotatable bonds is 5. The van der Waals surface area contributed by atoms with Crippen LogP contribution in [-0.4, -0.2) is 59.9 Å². The van der Waals surface area contributed by atoms with E-state index in [1.54, 1.807) is 7.11 Å². The first-order chi connectivity index (χ1) is 14.5. The lowest BCUT2D eigenvalue weighted by atomic mass is 9.96. The van der Waals surface area contributed by atoms with E-state index in [-0.39, 0.29) is 17.7 Å². The Morgan fingerprint density at radius 3 is 2.37 bits per heavy atom. The zero-order valence-corrected chi connectivity index (χ0v) is 17.7. The van der Waals surface area contributed by atoms with Crippen molar-refractivity contribution in [3.63, 3.8) is 0 Å². The zero-order valence-electron chi connectivity index (χ0n) is 17.7. The number of methoxy groups -OCH3 is 1. The SMILES string of the molecule is COc1ccc(CC(=O)N2CCC(c3nc(C(=O)N4CCCC4)c(C)o3)CC2)cc1. The molecule has 2 saturated heterocycles. The smallest absolute Gasteiger partial charge is 0.276 e. The van der Waals surface area contributed by atoms with Crippen LogP contribution in [0.2, 0.25) is 0 Å². The molecule has 0 saturated carbocycles. The summed E-state index contributed by atoms with van der Waals surface area (Å²) in [7, 11) is 1.63. The van der Waals surface area contributed by atoms with Gasteiger partial charge in [-0.2, -0.15) is 0 Å². The van der Waals surface area contributed by atoms with Crippen LogP contribution in [0.15, 0.2) is 28.7 Å². The zero-order chi connectivity index (χ0) is 21.1. The van der Waals surface area contributed by atoms with Crippen LogP contribution in [-0.2, 0) is 11.2 Å². The Hall–Kier alpha value is -2.83. The number of likely N-dealkylation sites (tertiary alicyclic amines) is 2. The van der Waals surface area contributed by atoms with Crippen molar-refractivity contribution < 1.29 is 18.7 Å². The van der Waals surface area contributed by atoms with Crippen LogP contribution < -0.4 is 4.74 Å². The molecule has 0 bridgehead atoms. The minimum Gasteiger partial charge on any atom is -0.497 e. The van der Waals surface area contributed by atoms with Gasteiger partial charge in [-0.05, 0) is 50.3 Å². The van der Waals surface area contributed by atoms with Gasteiger partial charge in [0.25, 0.3) is 5.91 Å². The first-order valence-corrected chi connectivity index (χ1v) is 10.7. The van der Waals surface area contributed by atoms with Gasteiger partial charge < -0.3 is 19.0 Å². The third-order valence-corrected chi connectivity index (χ3v) is 6.12. The van der Waals surface area contributed by atoms with E-state index in [1.807, 2.05) is 41.0 Å². The van der Waals surface area contributed by atoms with Crippen LogP contribution in [0.1, 0.15) is 59.3 Å². The molecule has 2 aliphatic heterocycles. The molecule has 2 aliphatic rings. The summed E-state index contributed by atoms with van der Waals surface area (Å²) in [5.41, 5.74) is 1.43. The van der Waals surface area contributed by atoms with Gasteiger partial charge in [-0.15, -0.1) is 0 Å². The predicted molar refractivity (Wildman–Crippen MR) is 112 cm³/mol. The molecule has 30 heavy (non-hydrogen) atoms. The summed E-state index contributed by atoms with van der Waals surface area (Å²) < 4.78 is 11.0. The van der Waals surface area contributed by atoms with Crippen molar-refractivity contribution >= 4 is 11.8 Å². The van der Waals surface area contributed by atoms with Crippen LogP contribution >= 0.6 is 0 Å². The molecule has 0 radical (unpaired) electrons. The fourth-order valence-corrected chi connectivity index (χ4v) is 4.27. The summed E-state index contributed by atoms with van der Waals surface area (Å²) in [6.45, 7) is 4.77. The molecule has 160 valence electrons. The first-order valence-electron chi connectivity index (χ1n) is 10.7. The molecule has 2 fully saturated rings. The fourth-order valence-electron chi connectivity index (χ4n) is 4.27. The molecule has 1 aromatic heterocycles. The number of nitrogens with zero attached hydrogens (tertiary/aromatic N) is 3. The van der Waals surface area contributed by atoms with Crippen molar-refractivity contribution in [2.24, 2.45) is 0 Å². The molecule has 7 heteroatoms. The van der Waals surface area contributed by atoms with Crippen molar-refractivity contribution in [2.75, 3.05) is 33.3 Å². The summed E-state index contributed by atoms with van der Waals surface area (Å²) in [6, 6.07) is 7.61. The van der Waals surface area contributed by atoms with Crippen LogP contribution in [0.5, 0.6) is 5.75 Å². The van der Waals surface area contributed by atoms with E-state index in [0.717, 1.165) is 50.1 Å². The Balaban J connectivity index is 1.33. The van der Waals surface area contributed by atoms with Crippen LogP contribution in [0.25, 0.3) is 0 Å². The number of ether oxygens (including phenoxy) is 1. The average molecular weight is 412 g/mol. The number of aromatic nitrogens is 1. The lowest BCUT2D eigenvalue weighted by Gasteiger charge is -2.30. The molecule has 1 aromatic carbocycles. The number of carbonyl (C=O) groups excluding carboxylic acids is 2. The van der Waals surface area contributed by atoms with Gasteiger partial charge in [0.1, 0.15) is 11.5 Å². The van der Waals surface area contributed by atoms with E-state index < -0.39 is 0 Å². The van der Waals surface area contributed by atoms with Gasteiger partial charge in [-0.3, -0.25) is 9.59 Å². The highest BCUT2D eigenvalue weighted by molar-refractivity contribution is 5.93. The Morgan fingerprint density at radius 1 is 1.07 bits per heavy atom. The van der Waals surface area contributed by atoms with E-state index in [2.05, 4.69) is 4.98 Å². The summed E-state index contributed by atoms with van der Waals surface area (Å²) in [5.74, 6) is 2.28. The molecule has 0 unspecified atom stereocenters. The largest absolute Gasteiger partial charge is 0.497 e. The molecule has 7 nitrogen and oxygen atoms in total. The Kier molecular flexibility index (Phi) is 6.06. The molecule has 0 N–H and O–H groups in total. The average Bonchev–Trinajstić information content (AvgIpc) is 3.44. The minimum absolute atomic E-state index is 0.0212. The van der Waals surface area contributed by atoms with Crippen LogP contribution in [0.3, 0.4) is 0 Å². The van der Waals surface area contributed by atoms with Gasteiger partial charge in [0.2, 0.25) is 5.91 Å². The van der Waals surface area contributed by atoms with Gasteiger partial charge in [0.05, 0.1) is 13.5 Å². The molecular weight excluding hydrogens is 382 g/mol. The standard InChI is InChI=1S/C23H29N3O4/c1-16-21(23(28)26-11-3-4-12-26)24-22(30-16)18-9-13-25(14-10-18)20(27)15-17-5-7-19(29-2)8-6-17/h5-8,18H,3-4,9-15H2,1-2H3. The summed E-state index contributed by atoms with van der Waals surface area (Å²) in [5, 5.41) is 0. The minimum atomic E-state index is -0.0212.